The van der Waals surface area contributed by atoms with E-state index in [0.29, 0.717) is 10.7 Å². The van der Waals surface area contributed by atoms with Crippen LogP contribution in [0, 0.1) is 12.7 Å². The summed E-state index contributed by atoms with van der Waals surface area (Å²) in [5.41, 5.74) is 8.10. The molecule has 1 aromatic heterocycles. The van der Waals surface area contributed by atoms with Gasteiger partial charge in [0.1, 0.15) is 23.0 Å². The van der Waals surface area contributed by atoms with Crippen molar-refractivity contribution < 1.29 is 20.8 Å². The predicted octanol–water partition coefficient (Wildman–Crippen LogP) is 0.121. The summed E-state index contributed by atoms with van der Waals surface area (Å²) in [5, 5.41) is 0.449. The zero-order chi connectivity index (χ0) is 14.1. The van der Waals surface area contributed by atoms with E-state index in [0.717, 1.165) is 17.1 Å². The van der Waals surface area contributed by atoms with Crippen molar-refractivity contribution in [1.82, 2.24) is 4.98 Å². The summed E-state index contributed by atoms with van der Waals surface area (Å²) >= 11 is 1.29. The largest absolute Gasteiger partial charge is 1.00 e. The number of rotatable bonds is 2. The maximum atomic E-state index is 13.7. The van der Waals surface area contributed by atoms with Gasteiger partial charge in [0.2, 0.25) is 0 Å². The molecule has 0 saturated heterocycles. The number of nitrogen functional groups attached to an aromatic ring is 1. The van der Waals surface area contributed by atoms with Crippen LogP contribution >= 0.6 is 11.5 Å². The van der Waals surface area contributed by atoms with Crippen molar-refractivity contribution in [3.8, 4) is 17.1 Å². The Morgan fingerprint density at radius 3 is 2.52 bits per heavy atom. The fourth-order valence-corrected chi connectivity index (χ4v) is 2.73. The Balaban J connectivity index is 0.00000161. The minimum Gasteiger partial charge on any atom is -1.00 e. The zero-order valence-corrected chi connectivity index (χ0v) is 12.8. The number of halogens is 2. The van der Waals surface area contributed by atoms with Crippen LogP contribution in [-0.2, 0) is 0 Å². The number of nitrogens with two attached hydrogens (primary N) is 1. The lowest BCUT2D eigenvalue weighted by Gasteiger charge is -2.00. The molecule has 2 aromatic carbocycles. The van der Waals surface area contributed by atoms with Gasteiger partial charge in [0, 0.05) is 6.07 Å². The zero-order valence-electron chi connectivity index (χ0n) is 11.3. The third-order valence-electron chi connectivity index (χ3n) is 3.02. The molecule has 108 valence electrons. The average Bonchev–Trinajstić information content (AvgIpc) is 2.85. The van der Waals surface area contributed by atoms with E-state index in [4.69, 9.17) is 5.73 Å². The SMILES string of the molecule is Cc1ccc(-[n+]2sc(N)nc2-c2ccccc2)cc1F.[Cl-]. The topological polar surface area (TPSA) is 42.8 Å². The molecule has 0 amide bonds. The van der Waals surface area contributed by atoms with E-state index < -0.39 is 0 Å². The third-order valence-corrected chi connectivity index (χ3v) is 3.86. The number of benzene rings is 2. The molecule has 0 saturated carbocycles. The van der Waals surface area contributed by atoms with Crippen molar-refractivity contribution in [3.63, 3.8) is 0 Å². The summed E-state index contributed by atoms with van der Waals surface area (Å²) in [6, 6.07) is 14.8. The van der Waals surface area contributed by atoms with Gasteiger partial charge in [-0.2, -0.15) is 0 Å². The predicted molar refractivity (Wildman–Crippen MR) is 78.2 cm³/mol. The van der Waals surface area contributed by atoms with Gasteiger partial charge >= 0.3 is 11.0 Å². The van der Waals surface area contributed by atoms with E-state index in [2.05, 4.69) is 4.98 Å². The second-order valence-corrected chi connectivity index (χ2v) is 5.42. The first kappa shape index (κ1) is 15.4. The molecule has 0 bridgehead atoms. The molecule has 2 N–H and O–H groups in total. The van der Waals surface area contributed by atoms with Crippen molar-refractivity contribution in [1.29, 1.82) is 0 Å². The van der Waals surface area contributed by atoms with Gasteiger partial charge in [0.05, 0.1) is 5.56 Å². The summed E-state index contributed by atoms with van der Waals surface area (Å²) in [6.07, 6.45) is 0. The Morgan fingerprint density at radius 2 is 1.86 bits per heavy atom. The fraction of sp³-hybridized carbons (Fsp3) is 0.0667. The number of anilines is 1. The van der Waals surface area contributed by atoms with Gasteiger partial charge in [-0.1, -0.05) is 24.3 Å². The molecule has 0 spiro atoms. The number of aryl methyl sites for hydroxylation is 1. The molecule has 0 radical (unpaired) electrons. The quantitative estimate of drug-likeness (QED) is 0.681. The Kier molecular flexibility index (Phi) is 4.55. The Labute approximate surface area is 132 Å². The van der Waals surface area contributed by atoms with Gasteiger partial charge in [0.15, 0.2) is 0 Å². The van der Waals surface area contributed by atoms with Gasteiger partial charge in [-0.25, -0.2) is 4.39 Å². The van der Waals surface area contributed by atoms with Crippen LogP contribution in [0.4, 0.5) is 9.52 Å². The lowest BCUT2D eigenvalue weighted by atomic mass is 10.2. The molecule has 6 heteroatoms. The third kappa shape index (κ3) is 3.04. The van der Waals surface area contributed by atoms with Gasteiger partial charge in [-0.05, 0) is 35.7 Å². The number of hydrogen-bond donors (Lipinski definition) is 1. The highest BCUT2D eigenvalue weighted by Gasteiger charge is 2.23. The second-order valence-electron chi connectivity index (χ2n) is 4.46. The fourth-order valence-electron chi connectivity index (χ4n) is 1.96. The van der Waals surface area contributed by atoms with Crippen LogP contribution in [0.25, 0.3) is 17.1 Å². The smallest absolute Gasteiger partial charge is 0.350 e. The van der Waals surface area contributed by atoms with Crippen molar-refractivity contribution in [2.24, 2.45) is 0 Å². The van der Waals surface area contributed by atoms with E-state index in [1.54, 1.807) is 13.0 Å². The molecule has 0 atom stereocenters. The van der Waals surface area contributed by atoms with Gasteiger partial charge in [-0.15, -0.1) is 3.96 Å². The summed E-state index contributed by atoms with van der Waals surface area (Å²) in [4.78, 5) is 4.35. The van der Waals surface area contributed by atoms with Crippen LogP contribution < -0.4 is 22.1 Å². The Bertz CT molecular complexity index is 759. The van der Waals surface area contributed by atoms with Crippen LogP contribution in [-0.4, -0.2) is 4.98 Å². The maximum absolute atomic E-state index is 13.7. The summed E-state index contributed by atoms with van der Waals surface area (Å²) in [6.45, 7) is 1.74. The first-order valence-corrected chi connectivity index (χ1v) is 6.93. The summed E-state index contributed by atoms with van der Waals surface area (Å²) in [7, 11) is 0. The molecule has 0 aliphatic carbocycles. The molecule has 0 aliphatic heterocycles. The molecular formula is C15H13ClFN3S. The molecule has 1 heterocycles. The van der Waals surface area contributed by atoms with Crippen LogP contribution in [0.15, 0.2) is 48.5 Å². The van der Waals surface area contributed by atoms with E-state index in [-0.39, 0.29) is 18.2 Å². The van der Waals surface area contributed by atoms with Crippen molar-refractivity contribution >= 4 is 16.7 Å². The minimum atomic E-state index is -0.235. The maximum Gasteiger partial charge on any atom is 0.350 e. The van der Waals surface area contributed by atoms with E-state index in [9.17, 15) is 4.39 Å². The summed E-state index contributed by atoms with van der Waals surface area (Å²) < 4.78 is 15.6. The lowest BCUT2D eigenvalue weighted by molar-refractivity contribution is -0.510. The van der Waals surface area contributed by atoms with Crippen LogP contribution in [0.1, 0.15) is 5.56 Å². The number of nitrogens with zero attached hydrogens (tertiary/aromatic N) is 2. The van der Waals surface area contributed by atoms with Gasteiger partial charge in [0.25, 0.3) is 0 Å². The van der Waals surface area contributed by atoms with Crippen LogP contribution in [0.3, 0.4) is 0 Å². The van der Waals surface area contributed by atoms with Crippen molar-refractivity contribution in [2.75, 3.05) is 5.73 Å². The highest BCUT2D eigenvalue weighted by molar-refractivity contribution is 7.05. The molecule has 0 aliphatic rings. The standard InChI is InChI=1S/C15H12FN3S.ClH/c1-10-7-8-12(9-13(10)16)19-14(18-15(17)20-19)11-5-3-2-4-6-11;/h2-9,17H,1H3;1H. The number of hydrogen-bond acceptors (Lipinski definition) is 3. The van der Waals surface area contributed by atoms with Crippen molar-refractivity contribution in [3.05, 3.63) is 59.9 Å². The summed E-state index contributed by atoms with van der Waals surface area (Å²) in [5.74, 6) is 0.484. The van der Waals surface area contributed by atoms with Crippen LogP contribution in [0.2, 0.25) is 0 Å². The number of aromatic nitrogens is 2. The normalized spacial score (nSPS) is 10.2. The molecular weight excluding hydrogens is 309 g/mol. The monoisotopic (exact) mass is 321 g/mol. The van der Waals surface area contributed by atoms with Gasteiger partial charge < -0.3 is 18.1 Å². The van der Waals surface area contributed by atoms with E-state index in [1.165, 1.54) is 17.6 Å². The minimum absolute atomic E-state index is 0. The highest BCUT2D eigenvalue weighted by Crippen LogP contribution is 2.20. The molecule has 0 unspecified atom stereocenters. The Morgan fingerprint density at radius 1 is 1.14 bits per heavy atom. The molecule has 21 heavy (non-hydrogen) atoms. The first-order valence-electron chi connectivity index (χ1n) is 6.16. The van der Waals surface area contributed by atoms with Crippen LogP contribution in [0.5, 0.6) is 0 Å². The Hall–Kier alpha value is -1.98. The average molecular weight is 322 g/mol. The van der Waals surface area contributed by atoms with E-state index in [1.807, 2.05) is 40.4 Å². The highest BCUT2D eigenvalue weighted by atomic mass is 35.5. The molecule has 0 fully saturated rings. The first-order chi connectivity index (χ1) is 9.65. The van der Waals surface area contributed by atoms with E-state index >= 15 is 0 Å². The lowest BCUT2D eigenvalue weighted by Crippen LogP contribution is -3.00. The molecule has 3 rings (SSSR count). The molecule has 3 aromatic rings. The van der Waals surface area contributed by atoms with Gasteiger partial charge in [-0.3, -0.25) is 0 Å². The second kappa shape index (κ2) is 6.20. The molecule has 3 nitrogen and oxygen atoms in total. The van der Waals surface area contributed by atoms with Crippen molar-refractivity contribution in [2.45, 2.75) is 6.92 Å².